The number of fused-ring (bicyclic) bond motifs is 1. The fourth-order valence-corrected chi connectivity index (χ4v) is 5.90. The number of aromatic nitrogens is 1. The van der Waals surface area contributed by atoms with Crippen LogP contribution >= 0.6 is 11.3 Å². The zero-order valence-corrected chi connectivity index (χ0v) is 20.8. The van der Waals surface area contributed by atoms with Crippen molar-refractivity contribution >= 4 is 42.6 Å². The van der Waals surface area contributed by atoms with E-state index >= 15 is 0 Å². The Morgan fingerprint density at radius 2 is 1.66 bits per heavy atom. The first-order valence-electron chi connectivity index (χ1n) is 10.6. The van der Waals surface area contributed by atoms with Crippen molar-refractivity contribution in [1.82, 2.24) is 14.2 Å². The molecule has 7 nitrogen and oxygen atoms in total. The molecule has 3 rings (SSSR count). The van der Waals surface area contributed by atoms with E-state index in [0.717, 1.165) is 15.8 Å². The zero-order chi connectivity index (χ0) is 23.5. The van der Waals surface area contributed by atoms with Crippen molar-refractivity contribution in [1.29, 1.82) is 0 Å². The minimum absolute atomic E-state index is 0.188. The molecule has 32 heavy (non-hydrogen) atoms. The van der Waals surface area contributed by atoms with Gasteiger partial charge in [0, 0.05) is 31.7 Å². The molecule has 1 amide bonds. The van der Waals surface area contributed by atoms with Gasteiger partial charge < -0.3 is 4.90 Å². The van der Waals surface area contributed by atoms with Crippen molar-refractivity contribution in [3.63, 3.8) is 0 Å². The second-order valence-corrected chi connectivity index (χ2v) is 10.8. The Balaban J connectivity index is 1.94. The van der Waals surface area contributed by atoms with Crippen molar-refractivity contribution in [2.45, 2.75) is 25.7 Å². The molecule has 2 aromatic carbocycles. The summed E-state index contributed by atoms with van der Waals surface area (Å²) < 4.78 is 27.9. The van der Waals surface area contributed by atoms with Gasteiger partial charge in [0.05, 0.1) is 15.1 Å². The molecular formula is C23H30N4O3S2. The van der Waals surface area contributed by atoms with Crippen molar-refractivity contribution < 1.29 is 13.2 Å². The highest BCUT2D eigenvalue weighted by atomic mass is 32.2. The maximum absolute atomic E-state index is 13.4. The van der Waals surface area contributed by atoms with E-state index in [-0.39, 0.29) is 10.8 Å². The molecule has 0 atom stereocenters. The summed E-state index contributed by atoms with van der Waals surface area (Å²) in [5, 5.41) is 0.636. The topological polar surface area (TPSA) is 73.8 Å². The smallest absolute Gasteiger partial charge is 0.260 e. The normalized spacial score (nSPS) is 12.1. The van der Waals surface area contributed by atoms with Crippen molar-refractivity contribution in [3.05, 3.63) is 53.6 Å². The lowest BCUT2D eigenvalue weighted by molar-refractivity contribution is 0.0985. The standard InChI is InChI=1S/C23H30N4O3S2/c1-6-26(7-2)32(29,30)19-11-9-18(10-12-19)22(28)27(15-14-25(4)5)23-24-20-13-8-17(3)16-21(20)31-23/h8-13,16H,6-7,14-15H2,1-5H3. The van der Waals surface area contributed by atoms with Crippen LogP contribution in [0.2, 0.25) is 0 Å². The van der Waals surface area contributed by atoms with Gasteiger partial charge in [0.25, 0.3) is 5.91 Å². The van der Waals surface area contributed by atoms with Gasteiger partial charge in [0.15, 0.2) is 5.13 Å². The van der Waals surface area contributed by atoms with Gasteiger partial charge in [-0.25, -0.2) is 13.4 Å². The van der Waals surface area contributed by atoms with Crippen LogP contribution in [-0.2, 0) is 10.0 Å². The Kier molecular flexibility index (Phi) is 7.66. The first-order chi connectivity index (χ1) is 15.2. The molecule has 0 fully saturated rings. The van der Waals surface area contributed by atoms with Gasteiger partial charge in [0.1, 0.15) is 0 Å². The number of nitrogens with zero attached hydrogens (tertiary/aromatic N) is 4. The van der Waals surface area contributed by atoms with Crippen LogP contribution in [0, 0.1) is 6.92 Å². The highest BCUT2D eigenvalue weighted by Crippen LogP contribution is 2.30. The van der Waals surface area contributed by atoms with Crippen LogP contribution in [0.5, 0.6) is 0 Å². The van der Waals surface area contributed by atoms with Gasteiger partial charge in [-0.05, 0) is 63.0 Å². The quantitative estimate of drug-likeness (QED) is 0.471. The molecule has 3 aromatic rings. The number of carbonyl (C=O) groups is 1. The predicted molar refractivity (Wildman–Crippen MR) is 131 cm³/mol. The van der Waals surface area contributed by atoms with E-state index in [4.69, 9.17) is 0 Å². The third-order valence-electron chi connectivity index (χ3n) is 5.22. The fourth-order valence-electron chi connectivity index (χ4n) is 3.36. The molecule has 0 spiro atoms. The van der Waals surface area contributed by atoms with Gasteiger partial charge in [-0.3, -0.25) is 9.69 Å². The number of likely N-dealkylation sites (N-methyl/N-ethyl adjacent to an activating group) is 1. The maximum Gasteiger partial charge on any atom is 0.260 e. The number of thiazole rings is 1. The van der Waals surface area contributed by atoms with E-state index in [9.17, 15) is 13.2 Å². The van der Waals surface area contributed by atoms with Crippen LogP contribution in [0.25, 0.3) is 10.2 Å². The van der Waals surface area contributed by atoms with E-state index in [0.29, 0.717) is 36.9 Å². The monoisotopic (exact) mass is 474 g/mol. The Labute approximate surface area is 194 Å². The lowest BCUT2D eigenvalue weighted by atomic mass is 10.2. The second-order valence-electron chi connectivity index (χ2n) is 7.84. The first-order valence-corrected chi connectivity index (χ1v) is 12.9. The SMILES string of the molecule is CCN(CC)S(=O)(=O)c1ccc(C(=O)N(CCN(C)C)c2nc3ccc(C)cc3s2)cc1. The second kappa shape index (κ2) is 10.1. The van der Waals surface area contributed by atoms with Gasteiger partial charge in [-0.15, -0.1) is 0 Å². The van der Waals surface area contributed by atoms with Gasteiger partial charge >= 0.3 is 0 Å². The van der Waals surface area contributed by atoms with E-state index in [1.807, 2.05) is 38.1 Å². The summed E-state index contributed by atoms with van der Waals surface area (Å²) in [7, 11) is 0.344. The molecule has 172 valence electrons. The lowest BCUT2D eigenvalue weighted by Crippen LogP contribution is -2.36. The highest BCUT2D eigenvalue weighted by Gasteiger charge is 2.24. The van der Waals surface area contributed by atoms with E-state index in [2.05, 4.69) is 11.1 Å². The third-order valence-corrected chi connectivity index (χ3v) is 8.33. The summed E-state index contributed by atoms with van der Waals surface area (Å²) in [5.41, 5.74) is 2.43. The summed E-state index contributed by atoms with van der Waals surface area (Å²) in [6, 6.07) is 12.2. The van der Waals surface area contributed by atoms with E-state index < -0.39 is 10.0 Å². The number of amides is 1. The molecule has 0 unspecified atom stereocenters. The molecule has 0 aliphatic heterocycles. The van der Waals surface area contributed by atoms with E-state index in [1.54, 1.807) is 30.9 Å². The number of aryl methyl sites for hydroxylation is 1. The number of rotatable bonds is 9. The first kappa shape index (κ1) is 24.3. The molecule has 1 aromatic heterocycles. The minimum atomic E-state index is -3.57. The van der Waals surface area contributed by atoms with Crippen LogP contribution < -0.4 is 4.90 Å². The number of benzene rings is 2. The number of sulfonamides is 1. The average Bonchev–Trinajstić information content (AvgIpc) is 3.17. The molecular weight excluding hydrogens is 444 g/mol. The Morgan fingerprint density at radius 3 is 2.25 bits per heavy atom. The number of carbonyl (C=O) groups excluding carboxylic acids is 1. The molecule has 1 heterocycles. The summed E-state index contributed by atoms with van der Waals surface area (Å²) in [5.74, 6) is -0.200. The van der Waals surface area contributed by atoms with E-state index in [1.165, 1.54) is 27.8 Å². The molecule has 0 N–H and O–H groups in total. The number of anilines is 1. The summed E-state index contributed by atoms with van der Waals surface area (Å²) in [4.78, 5) is 22.0. The Morgan fingerprint density at radius 1 is 1.00 bits per heavy atom. The fraction of sp³-hybridized carbons (Fsp3) is 0.391. The van der Waals surface area contributed by atoms with Gasteiger partial charge in [-0.1, -0.05) is 31.3 Å². The minimum Gasteiger partial charge on any atom is -0.308 e. The van der Waals surface area contributed by atoms with Crippen LogP contribution in [0.1, 0.15) is 29.8 Å². The Hall–Kier alpha value is -2.33. The Bertz CT molecular complexity index is 1180. The highest BCUT2D eigenvalue weighted by molar-refractivity contribution is 7.89. The largest absolute Gasteiger partial charge is 0.308 e. The number of hydrogen-bond acceptors (Lipinski definition) is 6. The van der Waals surface area contributed by atoms with Crippen molar-refractivity contribution in [2.24, 2.45) is 0 Å². The predicted octanol–water partition coefficient (Wildman–Crippen LogP) is 3.84. The molecule has 0 radical (unpaired) electrons. The summed E-state index contributed by atoms with van der Waals surface area (Å²) in [6.45, 7) is 7.59. The van der Waals surface area contributed by atoms with Crippen LogP contribution in [0.15, 0.2) is 47.4 Å². The zero-order valence-electron chi connectivity index (χ0n) is 19.2. The van der Waals surface area contributed by atoms with Gasteiger partial charge in [-0.2, -0.15) is 4.31 Å². The summed E-state index contributed by atoms with van der Waals surface area (Å²) >= 11 is 1.48. The van der Waals surface area contributed by atoms with Crippen molar-refractivity contribution in [2.75, 3.05) is 45.2 Å². The molecule has 0 saturated carbocycles. The average molecular weight is 475 g/mol. The van der Waals surface area contributed by atoms with Crippen LogP contribution in [-0.4, -0.2) is 68.8 Å². The van der Waals surface area contributed by atoms with Crippen molar-refractivity contribution in [3.8, 4) is 0 Å². The van der Waals surface area contributed by atoms with Crippen LogP contribution in [0.3, 0.4) is 0 Å². The summed E-state index contributed by atoms with van der Waals surface area (Å²) in [6.07, 6.45) is 0. The van der Waals surface area contributed by atoms with Gasteiger partial charge in [0.2, 0.25) is 10.0 Å². The lowest BCUT2D eigenvalue weighted by Gasteiger charge is -2.22. The maximum atomic E-state index is 13.4. The molecule has 9 heteroatoms. The number of hydrogen-bond donors (Lipinski definition) is 0. The molecule has 0 aliphatic carbocycles. The molecule has 0 bridgehead atoms. The third kappa shape index (κ3) is 5.17. The molecule has 0 saturated heterocycles. The molecule has 0 aliphatic rings. The van der Waals surface area contributed by atoms with Crippen LogP contribution in [0.4, 0.5) is 5.13 Å².